The van der Waals surface area contributed by atoms with Gasteiger partial charge in [0.15, 0.2) is 5.75 Å². The molecular formula is C15H12BrIN2O. The van der Waals surface area contributed by atoms with E-state index < -0.39 is 0 Å². The SMILES string of the molecule is Cn1nc(I)c2ccc(Br)c(OCc3ccccc3)c21. The van der Waals surface area contributed by atoms with E-state index in [2.05, 4.69) is 61.8 Å². The van der Waals surface area contributed by atoms with Crippen LogP contribution < -0.4 is 4.74 Å². The Morgan fingerprint density at radius 3 is 2.70 bits per heavy atom. The molecule has 0 aliphatic carbocycles. The van der Waals surface area contributed by atoms with Crippen LogP contribution in [0.25, 0.3) is 10.9 Å². The van der Waals surface area contributed by atoms with Gasteiger partial charge in [-0.2, -0.15) is 5.10 Å². The van der Waals surface area contributed by atoms with Gasteiger partial charge in [0, 0.05) is 12.4 Å². The van der Waals surface area contributed by atoms with Gasteiger partial charge in [0.05, 0.1) is 4.47 Å². The van der Waals surface area contributed by atoms with E-state index in [0.29, 0.717) is 6.61 Å². The van der Waals surface area contributed by atoms with Gasteiger partial charge in [-0.15, -0.1) is 0 Å². The summed E-state index contributed by atoms with van der Waals surface area (Å²) in [6.45, 7) is 0.542. The zero-order chi connectivity index (χ0) is 14.1. The molecule has 0 saturated carbocycles. The highest BCUT2D eigenvalue weighted by atomic mass is 127. The minimum Gasteiger partial charge on any atom is -0.485 e. The Bertz CT molecular complexity index is 755. The molecule has 0 amide bonds. The number of fused-ring (bicyclic) bond motifs is 1. The lowest BCUT2D eigenvalue weighted by Crippen LogP contribution is -1.99. The lowest BCUT2D eigenvalue weighted by molar-refractivity contribution is 0.306. The van der Waals surface area contributed by atoms with Crippen molar-refractivity contribution in [2.24, 2.45) is 7.05 Å². The third-order valence-corrected chi connectivity index (χ3v) is 4.51. The summed E-state index contributed by atoms with van der Waals surface area (Å²) >= 11 is 5.81. The van der Waals surface area contributed by atoms with Crippen LogP contribution in [0.3, 0.4) is 0 Å². The van der Waals surface area contributed by atoms with Crippen LogP contribution in [0.2, 0.25) is 0 Å². The number of hydrogen-bond donors (Lipinski definition) is 0. The molecule has 0 bridgehead atoms. The van der Waals surface area contributed by atoms with Crippen LogP contribution >= 0.6 is 38.5 Å². The first-order valence-corrected chi connectivity index (χ1v) is 8.01. The van der Waals surface area contributed by atoms with Crippen LogP contribution in [0.15, 0.2) is 46.9 Å². The fourth-order valence-electron chi connectivity index (χ4n) is 2.14. The zero-order valence-electron chi connectivity index (χ0n) is 10.8. The van der Waals surface area contributed by atoms with Gasteiger partial charge >= 0.3 is 0 Å². The molecule has 2 aromatic carbocycles. The lowest BCUT2D eigenvalue weighted by Gasteiger charge is -2.10. The Morgan fingerprint density at radius 2 is 1.95 bits per heavy atom. The summed E-state index contributed by atoms with van der Waals surface area (Å²) in [5.41, 5.74) is 2.16. The molecule has 20 heavy (non-hydrogen) atoms. The summed E-state index contributed by atoms with van der Waals surface area (Å²) < 4.78 is 9.81. The van der Waals surface area contributed by atoms with Crippen molar-refractivity contribution in [2.75, 3.05) is 0 Å². The number of halogens is 2. The van der Waals surface area contributed by atoms with Crippen molar-refractivity contribution >= 4 is 49.4 Å². The molecule has 0 aliphatic heterocycles. The van der Waals surface area contributed by atoms with Crippen molar-refractivity contribution in [1.29, 1.82) is 0 Å². The van der Waals surface area contributed by atoms with E-state index in [4.69, 9.17) is 4.74 Å². The smallest absolute Gasteiger partial charge is 0.159 e. The molecule has 3 rings (SSSR count). The summed E-state index contributed by atoms with van der Waals surface area (Å²) in [4.78, 5) is 0. The molecule has 0 radical (unpaired) electrons. The Balaban J connectivity index is 2.00. The highest BCUT2D eigenvalue weighted by molar-refractivity contribution is 14.1. The summed E-state index contributed by atoms with van der Waals surface area (Å²) in [6, 6.07) is 14.2. The third kappa shape index (κ3) is 2.56. The predicted molar refractivity (Wildman–Crippen MR) is 91.9 cm³/mol. The second kappa shape index (κ2) is 5.73. The van der Waals surface area contributed by atoms with Crippen molar-refractivity contribution in [2.45, 2.75) is 6.61 Å². The van der Waals surface area contributed by atoms with Gasteiger partial charge in [0.2, 0.25) is 0 Å². The fourth-order valence-corrected chi connectivity index (χ4v) is 3.33. The average Bonchev–Trinajstić information content (AvgIpc) is 2.74. The largest absolute Gasteiger partial charge is 0.485 e. The Hall–Kier alpha value is -1.08. The maximum absolute atomic E-state index is 6.02. The van der Waals surface area contributed by atoms with E-state index in [1.807, 2.05) is 36.0 Å². The van der Waals surface area contributed by atoms with Gasteiger partial charge in [-0.05, 0) is 56.2 Å². The number of benzene rings is 2. The van der Waals surface area contributed by atoms with E-state index in [0.717, 1.165) is 30.4 Å². The summed E-state index contributed by atoms with van der Waals surface area (Å²) in [5.74, 6) is 0.837. The molecule has 3 aromatic rings. The van der Waals surface area contributed by atoms with Crippen molar-refractivity contribution in [3.63, 3.8) is 0 Å². The standard InChI is InChI=1S/C15H12BrIN2O/c1-19-13-11(15(17)18-19)7-8-12(16)14(13)20-9-10-5-3-2-4-6-10/h2-8H,9H2,1H3. The van der Waals surface area contributed by atoms with Gasteiger partial charge in [0.1, 0.15) is 15.8 Å². The fraction of sp³-hybridized carbons (Fsp3) is 0.133. The highest BCUT2D eigenvalue weighted by Gasteiger charge is 2.14. The molecule has 0 fully saturated rings. The Kier molecular flexibility index (Phi) is 3.98. The average molecular weight is 443 g/mol. The zero-order valence-corrected chi connectivity index (χ0v) is 14.6. The number of nitrogens with zero attached hydrogens (tertiary/aromatic N) is 2. The third-order valence-electron chi connectivity index (χ3n) is 3.09. The quantitative estimate of drug-likeness (QED) is 0.557. The first-order chi connectivity index (χ1) is 9.66. The Labute approximate surface area is 139 Å². The minimum absolute atomic E-state index is 0.542. The van der Waals surface area contributed by atoms with E-state index in [9.17, 15) is 0 Å². The van der Waals surface area contributed by atoms with Crippen LogP contribution in [0.4, 0.5) is 0 Å². The monoisotopic (exact) mass is 442 g/mol. The number of hydrogen-bond acceptors (Lipinski definition) is 2. The molecule has 0 aliphatic rings. The molecule has 0 N–H and O–H groups in total. The van der Waals surface area contributed by atoms with Crippen LogP contribution in [0, 0.1) is 3.70 Å². The number of rotatable bonds is 3. The molecule has 1 aromatic heterocycles. The van der Waals surface area contributed by atoms with Gasteiger partial charge in [-0.25, -0.2) is 0 Å². The van der Waals surface area contributed by atoms with Crippen molar-refractivity contribution in [3.8, 4) is 5.75 Å². The van der Waals surface area contributed by atoms with Gasteiger partial charge < -0.3 is 4.74 Å². The van der Waals surface area contributed by atoms with Crippen molar-refractivity contribution in [1.82, 2.24) is 9.78 Å². The topological polar surface area (TPSA) is 27.1 Å². The van der Waals surface area contributed by atoms with E-state index in [1.165, 1.54) is 0 Å². The number of aryl methyl sites for hydroxylation is 1. The second-order valence-electron chi connectivity index (χ2n) is 4.46. The first-order valence-electron chi connectivity index (χ1n) is 6.14. The van der Waals surface area contributed by atoms with E-state index in [-0.39, 0.29) is 0 Å². The number of ether oxygens (including phenoxy) is 1. The molecule has 0 saturated heterocycles. The van der Waals surface area contributed by atoms with Gasteiger partial charge in [-0.3, -0.25) is 4.68 Å². The molecule has 1 heterocycles. The predicted octanol–water partition coefficient (Wildman–Crippen LogP) is 4.52. The van der Waals surface area contributed by atoms with Crippen molar-refractivity contribution in [3.05, 3.63) is 56.2 Å². The normalized spacial score (nSPS) is 10.9. The summed E-state index contributed by atoms with van der Waals surface area (Å²) in [5, 5.41) is 5.56. The second-order valence-corrected chi connectivity index (χ2v) is 6.34. The van der Waals surface area contributed by atoms with Crippen LogP contribution in [-0.4, -0.2) is 9.78 Å². The van der Waals surface area contributed by atoms with Crippen molar-refractivity contribution < 1.29 is 4.74 Å². The molecule has 0 spiro atoms. The summed E-state index contributed by atoms with van der Waals surface area (Å²) in [6.07, 6.45) is 0. The molecule has 5 heteroatoms. The van der Waals surface area contributed by atoms with Crippen LogP contribution in [0.1, 0.15) is 5.56 Å². The number of aromatic nitrogens is 2. The highest BCUT2D eigenvalue weighted by Crippen LogP contribution is 2.35. The van der Waals surface area contributed by atoms with E-state index >= 15 is 0 Å². The maximum Gasteiger partial charge on any atom is 0.159 e. The molecule has 0 unspecified atom stereocenters. The Morgan fingerprint density at radius 1 is 1.20 bits per heavy atom. The molecule has 102 valence electrons. The molecule has 3 nitrogen and oxygen atoms in total. The molecular weight excluding hydrogens is 431 g/mol. The van der Waals surface area contributed by atoms with Gasteiger partial charge in [-0.1, -0.05) is 30.3 Å². The maximum atomic E-state index is 6.02. The minimum atomic E-state index is 0.542. The summed E-state index contributed by atoms with van der Waals surface area (Å²) in [7, 11) is 1.94. The lowest BCUT2D eigenvalue weighted by atomic mass is 10.2. The van der Waals surface area contributed by atoms with Crippen LogP contribution in [0.5, 0.6) is 5.75 Å². The van der Waals surface area contributed by atoms with Crippen LogP contribution in [-0.2, 0) is 13.7 Å². The first kappa shape index (κ1) is 13.9. The van der Waals surface area contributed by atoms with Gasteiger partial charge in [0.25, 0.3) is 0 Å². The van der Waals surface area contributed by atoms with E-state index in [1.54, 1.807) is 0 Å². The molecule has 0 atom stereocenters.